The number of hydrogen-bond donors (Lipinski definition) is 0. The highest BCUT2D eigenvalue weighted by Gasteiger charge is 2.52. The monoisotopic (exact) mass is 621 g/mol. The van der Waals surface area contributed by atoms with Crippen molar-refractivity contribution in [1.82, 2.24) is 4.98 Å². The number of aromatic nitrogens is 1. The Bertz CT molecular complexity index is 1280. The molecular weight excluding hydrogens is 570 g/mol. The summed E-state index contributed by atoms with van der Waals surface area (Å²) < 4.78 is 50.2. The van der Waals surface area contributed by atoms with Crippen molar-refractivity contribution < 1.29 is 17.2 Å². The second-order valence-corrected chi connectivity index (χ2v) is 21.6. The predicted molar refractivity (Wildman–Crippen MR) is 174 cm³/mol. The summed E-state index contributed by atoms with van der Waals surface area (Å²) >= 11 is 1.25. The third-order valence-corrected chi connectivity index (χ3v) is 18.7. The van der Waals surface area contributed by atoms with E-state index in [0.29, 0.717) is 18.3 Å². The van der Waals surface area contributed by atoms with Crippen LogP contribution in [0.1, 0.15) is 93.4 Å². The van der Waals surface area contributed by atoms with E-state index in [2.05, 4.69) is 53.5 Å². The van der Waals surface area contributed by atoms with Gasteiger partial charge in [-0.05, 0) is 112 Å². The number of fused-ring (bicyclic) bond motifs is 2. The summed E-state index contributed by atoms with van der Waals surface area (Å²) in [4.78, 5) is 4.40. The normalized spacial score (nSPS) is 26.4. The molecule has 0 saturated heterocycles. The molecule has 2 aliphatic carbocycles. The Morgan fingerprint density at radius 1 is 1.20 bits per heavy atom. The van der Waals surface area contributed by atoms with E-state index in [9.17, 15) is 8.42 Å². The van der Waals surface area contributed by atoms with E-state index >= 15 is 4.39 Å². The first-order chi connectivity index (χ1) is 19.3. The zero-order chi connectivity index (χ0) is 30.1. The molecule has 0 amide bonds. The van der Waals surface area contributed by atoms with Gasteiger partial charge in [-0.15, -0.1) is 11.3 Å². The minimum atomic E-state index is -3.49. The molecule has 1 heterocycles. The van der Waals surface area contributed by atoms with Gasteiger partial charge in [0.1, 0.15) is 6.17 Å². The van der Waals surface area contributed by atoms with Crippen LogP contribution in [0.4, 0.5) is 4.39 Å². The molecule has 0 radical (unpaired) electrons. The molecular formula is C33H52FNO3S2Si. The molecule has 2 fully saturated rings. The number of thiazole rings is 1. The summed E-state index contributed by atoms with van der Waals surface area (Å²) in [5.74, 6) is 0.628. The molecule has 1 aromatic heterocycles. The number of hydrogen-bond acceptors (Lipinski definition) is 5. The maximum Gasteiger partial charge on any atom is 0.210 e. The van der Waals surface area contributed by atoms with Gasteiger partial charge in [-0.1, -0.05) is 58.4 Å². The van der Waals surface area contributed by atoms with Crippen LogP contribution in [-0.4, -0.2) is 39.2 Å². The summed E-state index contributed by atoms with van der Waals surface area (Å²) in [7, 11) is -5.24. The molecule has 4 rings (SSSR count). The van der Waals surface area contributed by atoms with Gasteiger partial charge in [0, 0.05) is 0 Å². The van der Waals surface area contributed by atoms with Gasteiger partial charge in [0.2, 0.25) is 14.2 Å². The lowest BCUT2D eigenvalue weighted by Gasteiger charge is -2.45. The van der Waals surface area contributed by atoms with Gasteiger partial charge >= 0.3 is 0 Å². The number of benzene rings is 1. The number of rotatable bonds is 13. The molecule has 4 nitrogen and oxygen atoms in total. The number of para-hydroxylation sites is 1. The largest absolute Gasteiger partial charge is 0.412 e. The Balaban J connectivity index is 1.41. The zero-order valence-corrected chi connectivity index (χ0v) is 29.0. The highest BCUT2D eigenvalue weighted by Crippen LogP contribution is 2.60. The van der Waals surface area contributed by atoms with E-state index in [-0.39, 0.29) is 27.0 Å². The lowest BCUT2D eigenvalue weighted by atomic mass is 9.60. The SMILES string of the molecule is CC[Si](CC)(CC)OC(C)(C)CC[C@@H](F)[C@@H](C)[C@H]1CC[C@H]2/C(=C/CS(=O)(=O)c3nc4ccccc4s3)CCC[C@]12C. The molecule has 0 bridgehead atoms. The van der Waals surface area contributed by atoms with Crippen molar-refractivity contribution in [2.45, 2.75) is 128 Å². The molecule has 2 aromatic rings. The van der Waals surface area contributed by atoms with Crippen LogP contribution in [0.5, 0.6) is 0 Å². The number of allylic oxidation sites excluding steroid dienone is 1. The van der Waals surface area contributed by atoms with E-state index in [4.69, 9.17) is 4.43 Å². The molecule has 1 aromatic carbocycles. The Morgan fingerprint density at radius 3 is 2.54 bits per heavy atom. The first-order valence-electron chi connectivity index (χ1n) is 15.9. The van der Waals surface area contributed by atoms with Gasteiger partial charge < -0.3 is 4.43 Å². The van der Waals surface area contributed by atoms with E-state index in [0.717, 1.165) is 66.9 Å². The quantitative estimate of drug-likeness (QED) is 0.165. The molecule has 2 aliphatic rings. The number of nitrogens with zero attached hydrogens (tertiary/aromatic N) is 1. The highest BCUT2D eigenvalue weighted by molar-refractivity contribution is 7.93. The molecule has 230 valence electrons. The van der Waals surface area contributed by atoms with Gasteiger partial charge in [0.25, 0.3) is 0 Å². The zero-order valence-electron chi connectivity index (χ0n) is 26.3. The maximum absolute atomic E-state index is 15.9. The Hall–Kier alpha value is -1.09. The molecule has 5 atom stereocenters. The highest BCUT2D eigenvalue weighted by atomic mass is 32.2. The van der Waals surface area contributed by atoms with Crippen LogP contribution in [0.25, 0.3) is 10.2 Å². The first-order valence-corrected chi connectivity index (χ1v) is 20.9. The molecule has 8 heteroatoms. The Kier molecular flexibility index (Phi) is 10.3. The van der Waals surface area contributed by atoms with Gasteiger partial charge in [-0.2, -0.15) is 0 Å². The van der Waals surface area contributed by atoms with Gasteiger partial charge in [-0.25, -0.2) is 17.8 Å². The van der Waals surface area contributed by atoms with Crippen molar-refractivity contribution in [3.63, 3.8) is 0 Å². The average molecular weight is 622 g/mol. The maximum atomic E-state index is 15.9. The van der Waals surface area contributed by atoms with Crippen LogP contribution in [0.3, 0.4) is 0 Å². The number of halogens is 1. The summed E-state index contributed by atoms with van der Waals surface area (Å²) in [6, 6.07) is 10.9. The fourth-order valence-corrected chi connectivity index (χ4v) is 13.8. The lowest BCUT2D eigenvalue weighted by molar-refractivity contribution is 0.0358. The summed E-state index contributed by atoms with van der Waals surface area (Å²) in [5.41, 5.74) is 1.73. The first kappa shape index (κ1) is 32.8. The van der Waals surface area contributed by atoms with Crippen LogP contribution in [0.15, 0.2) is 40.3 Å². The van der Waals surface area contributed by atoms with Crippen LogP contribution in [-0.2, 0) is 14.3 Å². The van der Waals surface area contributed by atoms with E-state index in [1.807, 2.05) is 30.3 Å². The molecule has 2 saturated carbocycles. The van der Waals surface area contributed by atoms with E-state index in [1.165, 1.54) is 16.9 Å². The van der Waals surface area contributed by atoms with Crippen LogP contribution >= 0.6 is 11.3 Å². The summed E-state index contributed by atoms with van der Waals surface area (Å²) in [6.45, 7) is 15.5. The van der Waals surface area contributed by atoms with Crippen LogP contribution < -0.4 is 0 Å². The Labute approximate surface area is 253 Å². The van der Waals surface area contributed by atoms with Crippen molar-refractivity contribution in [2.24, 2.45) is 23.2 Å². The Morgan fingerprint density at radius 2 is 1.88 bits per heavy atom. The van der Waals surface area contributed by atoms with E-state index < -0.39 is 24.3 Å². The third-order valence-electron chi connectivity index (χ3n) is 10.8. The number of sulfone groups is 1. The molecule has 0 unspecified atom stereocenters. The average Bonchev–Trinajstić information content (AvgIpc) is 3.55. The molecule has 0 aliphatic heterocycles. The summed E-state index contributed by atoms with van der Waals surface area (Å²) in [6.07, 6.45) is 7.53. The molecule has 0 spiro atoms. The predicted octanol–water partition coefficient (Wildman–Crippen LogP) is 9.77. The van der Waals surface area contributed by atoms with Gasteiger partial charge in [0.15, 0.2) is 8.32 Å². The fourth-order valence-electron chi connectivity index (χ4n) is 8.06. The standard InChI is InChI=1S/C33H52FNO3S2Si/c1-8-41(9-2,10-3)38-32(5,6)22-19-28(34)24(4)26-17-18-27-25(14-13-21-33(26,27)7)20-23-40(36,37)31-35-29-15-11-12-16-30(29)39-31/h11-12,15-16,20,24,26-28H,8-10,13-14,17-19,21-23H2,1-7H3/b25-20+/t24-,26+,27-,28+,33+/m0/s1. The van der Waals surface area contributed by atoms with Crippen molar-refractivity contribution >= 4 is 39.7 Å². The van der Waals surface area contributed by atoms with Crippen LogP contribution in [0.2, 0.25) is 18.1 Å². The smallest absolute Gasteiger partial charge is 0.210 e. The van der Waals surface area contributed by atoms with Crippen molar-refractivity contribution in [2.75, 3.05) is 5.75 Å². The third kappa shape index (κ3) is 7.02. The summed E-state index contributed by atoms with van der Waals surface area (Å²) in [5, 5.41) is 0. The number of alkyl halides is 1. The second-order valence-electron chi connectivity index (χ2n) is 13.6. The van der Waals surface area contributed by atoms with Crippen molar-refractivity contribution in [3.05, 3.63) is 35.9 Å². The second kappa shape index (κ2) is 12.9. The lowest BCUT2D eigenvalue weighted by Crippen LogP contribution is -2.45. The van der Waals surface area contributed by atoms with Crippen molar-refractivity contribution in [1.29, 1.82) is 0 Å². The van der Waals surface area contributed by atoms with Gasteiger partial charge in [0.05, 0.1) is 21.6 Å². The van der Waals surface area contributed by atoms with Gasteiger partial charge in [-0.3, -0.25) is 0 Å². The van der Waals surface area contributed by atoms with Crippen LogP contribution in [0, 0.1) is 23.2 Å². The van der Waals surface area contributed by atoms with E-state index in [1.54, 1.807) is 0 Å². The molecule has 0 N–H and O–H groups in total. The fraction of sp³-hybridized carbons (Fsp3) is 0.727. The van der Waals surface area contributed by atoms with Crippen molar-refractivity contribution in [3.8, 4) is 0 Å². The molecule has 41 heavy (non-hydrogen) atoms. The minimum absolute atomic E-state index is 0.00609. The minimum Gasteiger partial charge on any atom is -0.412 e. The topological polar surface area (TPSA) is 56.3 Å².